The van der Waals surface area contributed by atoms with Gasteiger partial charge in [-0.05, 0) is 46.3 Å². The van der Waals surface area contributed by atoms with E-state index in [0.717, 1.165) is 12.6 Å². The van der Waals surface area contributed by atoms with Crippen molar-refractivity contribution in [2.24, 2.45) is 0 Å². The van der Waals surface area contributed by atoms with Crippen LogP contribution in [0.2, 0.25) is 0 Å². The minimum Gasteiger partial charge on any atom is -0.306 e. The SMILES string of the molecule is CCC(/C=C/CN(C)C)N1CCC[C@@H]1CC. The van der Waals surface area contributed by atoms with E-state index in [9.17, 15) is 0 Å². The molecule has 1 aliphatic heterocycles. The second-order valence-electron chi connectivity index (χ2n) is 5.11. The second kappa shape index (κ2) is 7.08. The predicted molar refractivity (Wildman–Crippen MR) is 71.8 cm³/mol. The van der Waals surface area contributed by atoms with Crippen LogP contribution in [0.15, 0.2) is 12.2 Å². The van der Waals surface area contributed by atoms with Gasteiger partial charge in [-0.2, -0.15) is 0 Å². The quantitative estimate of drug-likeness (QED) is 0.640. The van der Waals surface area contributed by atoms with Crippen LogP contribution < -0.4 is 0 Å². The molecular formula is C14H28N2. The van der Waals surface area contributed by atoms with Crippen LogP contribution in [0.5, 0.6) is 0 Å². The minimum atomic E-state index is 0.660. The summed E-state index contributed by atoms with van der Waals surface area (Å²) in [6, 6.07) is 1.49. The molecule has 0 aromatic carbocycles. The van der Waals surface area contributed by atoms with Crippen molar-refractivity contribution in [1.29, 1.82) is 0 Å². The zero-order valence-electron chi connectivity index (χ0n) is 11.4. The van der Waals surface area contributed by atoms with Gasteiger partial charge in [0.2, 0.25) is 0 Å². The lowest BCUT2D eigenvalue weighted by molar-refractivity contribution is 0.201. The lowest BCUT2D eigenvalue weighted by atomic mass is 10.1. The summed E-state index contributed by atoms with van der Waals surface area (Å²) in [5.74, 6) is 0. The Morgan fingerprint density at radius 3 is 2.69 bits per heavy atom. The van der Waals surface area contributed by atoms with Crippen molar-refractivity contribution < 1.29 is 0 Å². The smallest absolute Gasteiger partial charge is 0.0278 e. The van der Waals surface area contributed by atoms with Crippen molar-refractivity contribution in [3.8, 4) is 0 Å². The maximum Gasteiger partial charge on any atom is 0.0278 e. The monoisotopic (exact) mass is 224 g/mol. The Bertz CT molecular complexity index is 211. The number of rotatable bonds is 6. The normalized spacial score (nSPS) is 24.7. The van der Waals surface area contributed by atoms with Crippen molar-refractivity contribution >= 4 is 0 Å². The van der Waals surface area contributed by atoms with E-state index in [2.05, 4.69) is 49.9 Å². The largest absolute Gasteiger partial charge is 0.306 e. The van der Waals surface area contributed by atoms with Crippen molar-refractivity contribution in [2.75, 3.05) is 27.2 Å². The van der Waals surface area contributed by atoms with Crippen LogP contribution in [0, 0.1) is 0 Å². The fraction of sp³-hybridized carbons (Fsp3) is 0.857. The predicted octanol–water partition coefficient (Wildman–Crippen LogP) is 2.76. The first-order valence-corrected chi connectivity index (χ1v) is 6.76. The van der Waals surface area contributed by atoms with Gasteiger partial charge in [-0.15, -0.1) is 0 Å². The molecule has 0 aliphatic carbocycles. The first-order chi connectivity index (χ1) is 7.69. The maximum atomic E-state index is 2.70. The third-order valence-electron chi connectivity index (χ3n) is 3.57. The molecule has 0 radical (unpaired) electrons. The molecule has 1 rings (SSSR count). The maximum absolute atomic E-state index is 2.70. The van der Waals surface area contributed by atoms with E-state index in [4.69, 9.17) is 0 Å². The molecule has 0 saturated carbocycles. The van der Waals surface area contributed by atoms with Crippen LogP contribution in [0.25, 0.3) is 0 Å². The Kier molecular flexibility index (Phi) is 6.07. The molecule has 2 nitrogen and oxygen atoms in total. The third kappa shape index (κ3) is 3.91. The zero-order valence-corrected chi connectivity index (χ0v) is 11.4. The first kappa shape index (κ1) is 13.7. The first-order valence-electron chi connectivity index (χ1n) is 6.76. The van der Waals surface area contributed by atoms with Crippen molar-refractivity contribution in [1.82, 2.24) is 9.80 Å². The molecule has 1 saturated heterocycles. The molecule has 1 heterocycles. The lowest BCUT2D eigenvalue weighted by Gasteiger charge is -2.30. The summed E-state index contributed by atoms with van der Waals surface area (Å²) in [4.78, 5) is 4.91. The highest BCUT2D eigenvalue weighted by molar-refractivity contribution is 4.98. The molecule has 0 spiro atoms. The van der Waals surface area contributed by atoms with Crippen molar-refractivity contribution in [2.45, 2.75) is 51.6 Å². The summed E-state index contributed by atoms with van der Waals surface area (Å²) in [6.07, 6.45) is 10.1. The van der Waals surface area contributed by atoms with Crippen LogP contribution >= 0.6 is 0 Å². The molecule has 0 bridgehead atoms. The van der Waals surface area contributed by atoms with Gasteiger partial charge in [0.25, 0.3) is 0 Å². The standard InChI is InChI=1S/C14H28N2/c1-5-13(9-7-11-15(3)4)16-12-8-10-14(16)6-2/h7,9,13-14H,5-6,8,10-12H2,1-4H3/b9-7+/t13?,14-/m0/s1. The van der Waals surface area contributed by atoms with Crippen LogP contribution in [0.3, 0.4) is 0 Å². The molecule has 16 heavy (non-hydrogen) atoms. The van der Waals surface area contributed by atoms with E-state index < -0.39 is 0 Å². The Morgan fingerprint density at radius 2 is 2.12 bits per heavy atom. The number of hydrogen-bond acceptors (Lipinski definition) is 2. The van der Waals surface area contributed by atoms with E-state index in [-0.39, 0.29) is 0 Å². The molecular weight excluding hydrogens is 196 g/mol. The van der Waals surface area contributed by atoms with Crippen molar-refractivity contribution in [3.05, 3.63) is 12.2 Å². The van der Waals surface area contributed by atoms with E-state index in [0.29, 0.717) is 6.04 Å². The fourth-order valence-corrected chi connectivity index (χ4v) is 2.64. The average molecular weight is 224 g/mol. The summed E-state index contributed by atoms with van der Waals surface area (Å²) < 4.78 is 0. The van der Waals surface area contributed by atoms with Gasteiger partial charge in [0.1, 0.15) is 0 Å². The van der Waals surface area contributed by atoms with E-state index in [1.165, 1.54) is 32.2 Å². The molecule has 94 valence electrons. The van der Waals surface area contributed by atoms with Crippen molar-refractivity contribution in [3.63, 3.8) is 0 Å². The molecule has 1 aliphatic rings. The molecule has 1 unspecified atom stereocenters. The molecule has 0 N–H and O–H groups in total. The fourth-order valence-electron chi connectivity index (χ4n) is 2.64. The molecule has 1 fully saturated rings. The molecule has 0 amide bonds. The van der Waals surface area contributed by atoms with Gasteiger partial charge in [-0.1, -0.05) is 26.0 Å². The Labute approximate surface area is 101 Å². The Morgan fingerprint density at radius 1 is 1.38 bits per heavy atom. The van der Waals surface area contributed by atoms with E-state index >= 15 is 0 Å². The van der Waals surface area contributed by atoms with Crippen LogP contribution in [-0.2, 0) is 0 Å². The number of likely N-dealkylation sites (tertiary alicyclic amines) is 1. The molecule has 0 aromatic rings. The van der Waals surface area contributed by atoms with Crippen LogP contribution in [-0.4, -0.2) is 49.1 Å². The summed E-state index contributed by atoms with van der Waals surface area (Å²) >= 11 is 0. The van der Waals surface area contributed by atoms with Gasteiger partial charge in [0.05, 0.1) is 0 Å². The number of hydrogen-bond donors (Lipinski definition) is 0. The summed E-state index contributed by atoms with van der Waals surface area (Å²) in [5, 5.41) is 0. The van der Waals surface area contributed by atoms with Crippen LogP contribution in [0.1, 0.15) is 39.5 Å². The average Bonchev–Trinajstić information content (AvgIpc) is 2.72. The van der Waals surface area contributed by atoms with E-state index in [1.807, 2.05) is 0 Å². The van der Waals surface area contributed by atoms with Gasteiger partial charge in [0, 0.05) is 18.6 Å². The third-order valence-corrected chi connectivity index (χ3v) is 3.57. The lowest BCUT2D eigenvalue weighted by Crippen LogP contribution is -2.37. The van der Waals surface area contributed by atoms with Gasteiger partial charge >= 0.3 is 0 Å². The Hall–Kier alpha value is -0.340. The number of likely N-dealkylation sites (N-methyl/N-ethyl adjacent to an activating group) is 1. The molecule has 2 atom stereocenters. The summed E-state index contributed by atoms with van der Waals surface area (Å²) in [7, 11) is 4.24. The Balaban J connectivity index is 2.49. The topological polar surface area (TPSA) is 6.48 Å². The molecule has 2 heteroatoms. The summed E-state index contributed by atoms with van der Waals surface area (Å²) in [5.41, 5.74) is 0. The van der Waals surface area contributed by atoms with E-state index in [1.54, 1.807) is 0 Å². The number of nitrogens with zero attached hydrogens (tertiary/aromatic N) is 2. The highest BCUT2D eigenvalue weighted by Crippen LogP contribution is 2.24. The molecule has 0 aromatic heterocycles. The van der Waals surface area contributed by atoms with Gasteiger partial charge < -0.3 is 4.90 Å². The minimum absolute atomic E-state index is 0.660. The van der Waals surface area contributed by atoms with Gasteiger partial charge in [-0.25, -0.2) is 0 Å². The summed E-state index contributed by atoms with van der Waals surface area (Å²) in [6.45, 7) is 6.97. The highest BCUT2D eigenvalue weighted by Gasteiger charge is 2.26. The van der Waals surface area contributed by atoms with Crippen LogP contribution in [0.4, 0.5) is 0 Å². The van der Waals surface area contributed by atoms with Gasteiger partial charge in [-0.3, -0.25) is 4.90 Å². The zero-order chi connectivity index (χ0) is 12.0. The highest BCUT2D eigenvalue weighted by atomic mass is 15.2. The van der Waals surface area contributed by atoms with Gasteiger partial charge in [0.15, 0.2) is 0 Å². The second-order valence-corrected chi connectivity index (χ2v) is 5.11.